The largest absolute Gasteiger partial charge is 0.366 e. The summed E-state index contributed by atoms with van der Waals surface area (Å²) in [5.74, 6) is 0.669. The van der Waals surface area contributed by atoms with E-state index in [1.54, 1.807) is 12.1 Å². The molecule has 0 radical (unpaired) electrons. The lowest BCUT2D eigenvalue weighted by molar-refractivity contribution is 0.100. The van der Waals surface area contributed by atoms with E-state index in [-0.39, 0.29) is 6.04 Å². The van der Waals surface area contributed by atoms with Crippen molar-refractivity contribution in [1.82, 2.24) is 10.1 Å². The number of hydrogen-bond acceptors (Lipinski definition) is 5. The lowest BCUT2D eigenvalue weighted by Crippen LogP contribution is -2.17. The normalized spacial score (nSPS) is 16.3. The molecule has 1 unspecified atom stereocenters. The van der Waals surface area contributed by atoms with Crippen LogP contribution in [0.5, 0.6) is 0 Å². The average Bonchev–Trinajstić information content (AvgIpc) is 3.10. The molecule has 0 fully saturated rings. The second-order valence-electron chi connectivity index (χ2n) is 6.67. The number of carbonyl (C=O) groups excluding carboxylic acids is 1. The van der Waals surface area contributed by atoms with Gasteiger partial charge in [-0.2, -0.15) is 4.98 Å². The summed E-state index contributed by atoms with van der Waals surface area (Å²) in [5.41, 5.74) is 16.3. The van der Waals surface area contributed by atoms with Gasteiger partial charge in [0.25, 0.3) is 5.89 Å². The second kappa shape index (κ2) is 6.72. The summed E-state index contributed by atoms with van der Waals surface area (Å²) in [6.07, 6.45) is 3.70. The van der Waals surface area contributed by atoms with Crippen molar-refractivity contribution in [2.45, 2.75) is 31.7 Å². The van der Waals surface area contributed by atoms with E-state index < -0.39 is 5.91 Å². The highest BCUT2D eigenvalue weighted by atomic mass is 16.5. The van der Waals surface area contributed by atoms with Gasteiger partial charge in [-0.05, 0) is 60.2 Å². The Morgan fingerprint density at radius 2 is 2.00 bits per heavy atom. The molecule has 1 amide bonds. The number of aromatic nitrogens is 2. The van der Waals surface area contributed by atoms with Crippen LogP contribution >= 0.6 is 0 Å². The van der Waals surface area contributed by atoms with Crippen molar-refractivity contribution in [3.63, 3.8) is 0 Å². The molecule has 2 aromatic carbocycles. The predicted octanol–water partition coefficient (Wildman–Crippen LogP) is 2.76. The third-order valence-electron chi connectivity index (χ3n) is 4.82. The molecule has 1 atom stereocenters. The molecule has 1 aliphatic rings. The standard InChI is InChI=1S/C20H20N4O2/c21-17-3-1-2-14-11-15(8-9-16(14)17)20-23-18(24-26-20)10-12-4-6-13(7-5-12)19(22)25/h4-9,11,17H,1-3,10,21H2,(H2,22,25). The first kappa shape index (κ1) is 16.5. The van der Waals surface area contributed by atoms with Crippen LogP contribution in [0.4, 0.5) is 0 Å². The first-order valence-electron chi connectivity index (χ1n) is 8.70. The molecule has 1 heterocycles. The van der Waals surface area contributed by atoms with Crippen LogP contribution in [0.1, 0.15) is 51.8 Å². The lowest BCUT2D eigenvalue weighted by Gasteiger charge is -2.22. The molecule has 26 heavy (non-hydrogen) atoms. The summed E-state index contributed by atoms with van der Waals surface area (Å²) in [6, 6.07) is 13.4. The molecular weight excluding hydrogens is 328 g/mol. The number of nitrogens with zero attached hydrogens (tertiary/aromatic N) is 2. The zero-order valence-corrected chi connectivity index (χ0v) is 14.3. The summed E-state index contributed by atoms with van der Waals surface area (Å²) < 4.78 is 5.44. The molecule has 1 aliphatic carbocycles. The first-order chi connectivity index (χ1) is 12.6. The predicted molar refractivity (Wildman–Crippen MR) is 97.4 cm³/mol. The number of carbonyl (C=O) groups is 1. The average molecular weight is 348 g/mol. The maximum absolute atomic E-state index is 11.1. The monoisotopic (exact) mass is 348 g/mol. The van der Waals surface area contributed by atoms with Crippen LogP contribution in [-0.2, 0) is 12.8 Å². The number of aryl methyl sites for hydroxylation is 1. The van der Waals surface area contributed by atoms with Gasteiger partial charge in [-0.3, -0.25) is 4.79 Å². The Morgan fingerprint density at radius 3 is 2.77 bits per heavy atom. The zero-order valence-electron chi connectivity index (χ0n) is 14.3. The highest BCUT2D eigenvalue weighted by Crippen LogP contribution is 2.31. The second-order valence-corrected chi connectivity index (χ2v) is 6.67. The number of fused-ring (bicyclic) bond motifs is 1. The molecular formula is C20H20N4O2. The van der Waals surface area contributed by atoms with Gasteiger partial charge in [0, 0.05) is 23.6 Å². The number of benzene rings is 2. The molecule has 0 aliphatic heterocycles. The zero-order chi connectivity index (χ0) is 18.1. The maximum atomic E-state index is 11.1. The number of hydrogen-bond donors (Lipinski definition) is 2. The minimum absolute atomic E-state index is 0.120. The van der Waals surface area contributed by atoms with Gasteiger partial charge in [0.1, 0.15) is 0 Å². The summed E-state index contributed by atoms with van der Waals surface area (Å²) in [4.78, 5) is 15.6. The molecule has 132 valence electrons. The molecule has 0 bridgehead atoms. The SMILES string of the molecule is NC(=O)c1ccc(Cc2noc(-c3ccc4c(c3)CCCC4N)n2)cc1. The van der Waals surface area contributed by atoms with Crippen LogP contribution in [0, 0.1) is 0 Å². The molecule has 0 spiro atoms. The van der Waals surface area contributed by atoms with E-state index in [1.165, 1.54) is 11.1 Å². The van der Waals surface area contributed by atoms with Crippen molar-refractivity contribution in [2.24, 2.45) is 11.5 Å². The Bertz CT molecular complexity index is 947. The van der Waals surface area contributed by atoms with E-state index in [2.05, 4.69) is 22.3 Å². The van der Waals surface area contributed by atoms with Gasteiger partial charge in [-0.15, -0.1) is 0 Å². The molecule has 4 rings (SSSR count). The molecule has 4 N–H and O–H groups in total. The molecule has 6 heteroatoms. The number of primary amides is 1. The van der Waals surface area contributed by atoms with Crippen molar-refractivity contribution in [3.05, 3.63) is 70.5 Å². The van der Waals surface area contributed by atoms with Crippen molar-refractivity contribution >= 4 is 5.91 Å². The highest BCUT2D eigenvalue weighted by Gasteiger charge is 2.18. The number of amides is 1. The Labute approximate surface area is 151 Å². The summed E-state index contributed by atoms with van der Waals surface area (Å²) in [5, 5.41) is 4.07. The highest BCUT2D eigenvalue weighted by molar-refractivity contribution is 5.92. The van der Waals surface area contributed by atoms with E-state index in [0.29, 0.717) is 23.7 Å². The van der Waals surface area contributed by atoms with E-state index >= 15 is 0 Å². The summed E-state index contributed by atoms with van der Waals surface area (Å²) >= 11 is 0. The summed E-state index contributed by atoms with van der Waals surface area (Å²) in [7, 11) is 0. The van der Waals surface area contributed by atoms with Gasteiger partial charge in [0.2, 0.25) is 5.91 Å². The van der Waals surface area contributed by atoms with Crippen LogP contribution in [0.25, 0.3) is 11.5 Å². The van der Waals surface area contributed by atoms with Gasteiger partial charge in [0.05, 0.1) is 0 Å². The van der Waals surface area contributed by atoms with Crippen LogP contribution < -0.4 is 11.5 Å². The molecule has 0 saturated heterocycles. The molecule has 0 saturated carbocycles. The Morgan fingerprint density at radius 1 is 1.19 bits per heavy atom. The lowest BCUT2D eigenvalue weighted by atomic mass is 9.87. The fourth-order valence-corrected chi connectivity index (χ4v) is 3.40. The van der Waals surface area contributed by atoms with E-state index in [9.17, 15) is 4.79 Å². The summed E-state index contributed by atoms with van der Waals surface area (Å²) in [6.45, 7) is 0. The fraction of sp³-hybridized carbons (Fsp3) is 0.250. The van der Waals surface area contributed by atoms with Crippen molar-refractivity contribution in [1.29, 1.82) is 0 Å². The Balaban J connectivity index is 1.53. The minimum Gasteiger partial charge on any atom is -0.366 e. The van der Waals surface area contributed by atoms with Crippen molar-refractivity contribution < 1.29 is 9.32 Å². The number of nitrogens with two attached hydrogens (primary N) is 2. The molecule has 3 aromatic rings. The third-order valence-corrected chi connectivity index (χ3v) is 4.82. The van der Waals surface area contributed by atoms with Gasteiger partial charge in [-0.25, -0.2) is 0 Å². The minimum atomic E-state index is -0.439. The fourth-order valence-electron chi connectivity index (χ4n) is 3.40. The Kier molecular flexibility index (Phi) is 4.26. The maximum Gasteiger partial charge on any atom is 0.257 e. The molecule has 1 aromatic heterocycles. The van der Waals surface area contributed by atoms with Crippen molar-refractivity contribution in [3.8, 4) is 11.5 Å². The van der Waals surface area contributed by atoms with Gasteiger partial charge >= 0.3 is 0 Å². The van der Waals surface area contributed by atoms with Crippen LogP contribution in [0.15, 0.2) is 47.0 Å². The topological polar surface area (TPSA) is 108 Å². The van der Waals surface area contributed by atoms with E-state index in [1.807, 2.05) is 18.2 Å². The quantitative estimate of drug-likeness (QED) is 0.753. The van der Waals surface area contributed by atoms with Crippen LogP contribution in [0.2, 0.25) is 0 Å². The number of rotatable bonds is 4. The van der Waals surface area contributed by atoms with Crippen LogP contribution in [0.3, 0.4) is 0 Å². The van der Waals surface area contributed by atoms with E-state index in [4.69, 9.17) is 16.0 Å². The van der Waals surface area contributed by atoms with Crippen molar-refractivity contribution in [2.75, 3.05) is 0 Å². The smallest absolute Gasteiger partial charge is 0.257 e. The van der Waals surface area contributed by atoms with Gasteiger partial charge < -0.3 is 16.0 Å². The Hall–Kier alpha value is -2.99. The third kappa shape index (κ3) is 3.23. The first-order valence-corrected chi connectivity index (χ1v) is 8.70. The van der Waals surface area contributed by atoms with Gasteiger partial charge in [-0.1, -0.05) is 23.4 Å². The van der Waals surface area contributed by atoms with Crippen LogP contribution in [-0.4, -0.2) is 16.0 Å². The molecule has 6 nitrogen and oxygen atoms in total. The van der Waals surface area contributed by atoms with Gasteiger partial charge in [0.15, 0.2) is 5.82 Å². The van der Waals surface area contributed by atoms with E-state index in [0.717, 1.165) is 30.4 Å².